The fourth-order valence-electron chi connectivity index (χ4n) is 2.96. The second-order valence-electron chi connectivity index (χ2n) is 6.58. The highest BCUT2D eigenvalue weighted by Crippen LogP contribution is 2.39. The quantitative estimate of drug-likeness (QED) is 0.574. The van der Waals surface area contributed by atoms with Crippen LogP contribution in [0.1, 0.15) is 46.5 Å². The zero-order chi connectivity index (χ0) is 14.6. The molecule has 0 aromatic heterocycles. The Labute approximate surface area is 121 Å². The van der Waals surface area contributed by atoms with Gasteiger partial charge in [-0.05, 0) is 36.8 Å². The van der Waals surface area contributed by atoms with E-state index >= 15 is 0 Å². The molecule has 3 nitrogen and oxygen atoms in total. The van der Waals surface area contributed by atoms with Gasteiger partial charge < -0.3 is 9.47 Å². The van der Waals surface area contributed by atoms with Crippen LogP contribution >= 0.6 is 0 Å². The molecule has 0 saturated heterocycles. The summed E-state index contributed by atoms with van der Waals surface area (Å²) in [5.74, 6) is 0.931. The molecule has 2 atom stereocenters. The zero-order valence-electron chi connectivity index (χ0n) is 12.6. The highest BCUT2D eigenvalue weighted by atomic mass is 16.7. The number of rotatable bonds is 2. The van der Waals surface area contributed by atoms with Gasteiger partial charge in [0.2, 0.25) is 0 Å². The van der Waals surface area contributed by atoms with Gasteiger partial charge in [-0.15, -0.1) is 0 Å². The van der Waals surface area contributed by atoms with Crippen molar-refractivity contribution in [2.75, 3.05) is 0 Å². The molecule has 0 spiro atoms. The first kappa shape index (κ1) is 14.9. The Morgan fingerprint density at radius 1 is 1.10 bits per heavy atom. The average molecular weight is 276 g/mol. The molecule has 0 bridgehead atoms. The van der Waals surface area contributed by atoms with Gasteiger partial charge in [0.05, 0.1) is 0 Å². The molecule has 0 heterocycles. The summed E-state index contributed by atoms with van der Waals surface area (Å²) in [4.78, 5) is 11.9. The number of carbonyl (C=O) groups is 1. The molecule has 3 heteroatoms. The van der Waals surface area contributed by atoms with Crippen LogP contribution in [0, 0.1) is 11.3 Å². The summed E-state index contributed by atoms with van der Waals surface area (Å²) in [6.45, 7) is 6.63. The van der Waals surface area contributed by atoms with E-state index in [2.05, 4.69) is 20.8 Å². The van der Waals surface area contributed by atoms with Crippen LogP contribution in [-0.4, -0.2) is 12.3 Å². The zero-order valence-corrected chi connectivity index (χ0v) is 12.6. The maximum Gasteiger partial charge on any atom is 0.514 e. The van der Waals surface area contributed by atoms with Gasteiger partial charge in [-0.25, -0.2) is 4.79 Å². The van der Waals surface area contributed by atoms with Crippen LogP contribution in [0.25, 0.3) is 0 Å². The van der Waals surface area contributed by atoms with Gasteiger partial charge in [-0.2, -0.15) is 0 Å². The number of para-hydroxylation sites is 1. The third-order valence-corrected chi connectivity index (χ3v) is 4.01. The molecule has 20 heavy (non-hydrogen) atoms. The van der Waals surface area contributed by atoms with E-state index in [1.807, 2.05) is 18.2 Å². The molecule has 2 unspecified atom stereocenters. The van der Waals surface area contributed by atoms with E-state index in [1.165, 1.54) is 6.42 Å². The van der Waals surface area contributed by atoms with Gasteiger partial charge in [0.25, 0.3) is 0 Å². The minimum absolute atomic E-state index is 0.0278. The summed E-state index contributed by atoms with van der Waals surface area (Å²) in [5, 5.41) is 0. The van der Waals surface area contributed by atoms with Crippen molar-refractivity contribution in [3.63, 3.8) is 0 Å². The van der Waals surface area contributed by atoms with Crippen molar-refractivity contribution >= 4 is 6.16 Å². The normalized spacial score (nSPS) is 23.1. The fourth-order valence-corrected chi connectivity index (χ4v) is 2.96. The summed E-state index contributed by atoms with van der Waals surface area (Å²) in [6, 6.07) is 9.06. The van der Waals surface area contributed by atoms with Crippen molar-refractivity contribution < 1.29 is 14.3 Å². The van der Waals surface area contributed by atoms with Crippen LogP contribution in [0.4, 0.5) is 4.79 Å². The van der Waals surface area contributed by atoms with E-state index in [9.17, 15) is 4.79 Å². The van der Waals surface area contributed by atoms with Crippen LogP contribution in [0.5, 0.6) is 5.75 Å². The van der Waals surface area contributed by atoms with Gasteiger partial charge in [-0.1, -0.05) is 45.4 Å². The van der Waals surface area contributed by atoms with Gasteiger partial charge in [0, 0.05) is 5.92 Å². The van der Waals surface area contributed by atoms with Crippen molar-refractivity contribution in [2.45, 2.75) is 52.6 Å². The molecule has 0 amide bonds. The fraction of sp³-hybridized carbons (Fsp3) is 0.588. The Balaban J connectivity index is 1.95. The second-order valence-corrected chi connectivity index (χ2v) is 6.58. The van der Waals surface area contributed by atoms with E-state index in [0.717, 1.165) is 19.3 Å². The lowest BCUT2D eigenvalue weighted by Gasteiger charge is -2.39. The van der Waals surface area contributed by atoms with E-state index < -0.39 is 6.16 Å². The number of hydrogen-bond donors (Lipinski definition) is 0. The summed E-state index contributed by atoms with van der Waals surface area (Å²) < 4.78 is 10.8. The topological polar surface area (TPSA) is 35.5 Å². The first-order valence-corrected chi connectivity index (χ1v) is 7.40. The number of ether oxygens (including phenoxy) is 2. The van der Waals surface area contributed by atoms with E-state index in [4.69, 9.17) is 9.47 Å². The molecule has 0 N–H and O–H groups in total. The Morgan fingerprint density at radius 3 is 2.40 bits per heavy atom. The number of carbonyl (C=O) groups excluding carboxylic acids is 1. The summed E-state index contributed by atoms with van der Waals surface area (Å²) in [6.07, 6.45) is 3.78. The molecule has 2 rings (SSSR count). The third-order valence-electron chi connectivity index (χ3n) is 4.01. The molecular weight excluding hydrogens is 252 g/mol. The molecule has 1 saturated carbocycles. The molecule has 1 aliphatic carbocycles. The molecule has 1 aliphatic rings. The molecule has 0 radical (unpaired) electrons. The van der Waals surface area contributed by atoms with Gasteiger partial charge in [0.1, 0.15) is 11.9 Å². The monoisotopic (exact) mass is 276 g/mol. The minimum Gasteiger partial charge on any atom is -0.430 e. The largest absolute Gasteiger partial charge is 0.514 e. The summed E-state index contributed by atoms with van der Waals surface area (Å²) in [7, 11) is 0. The second kappa shape index (κ2) is 6.29. The van der Waals surface area contributed by atoms with E-state index in [0.29, 0.717) is 11.7 Å². The smallest absolute Gasteiger partial charge is 0.430 e. The summed E-state index contributed by atoms with van der Waals surface area (Å²) in [5.41, 5.74) is 0.151. The summed E-state index contributed by atoms with van der Waals surface area (Å²) >= 11 is 0. The number of benzene rings is 1. The molecular formula is C17H24O3. The van der Waals surface area contributed by atoms with Crippen LogP contribution in [0.15, 0.2) is 30.3 Å². The third kappa shape index (κ3) is 3.99. The maximum absolute atomic E-state index is 11.9. The van der Waals surface area contributed by atoms with Crippen molar-refractivity contribution in [1.82, 2.24) is 0 Å². The van der Waals surface area contributed by atoms with Crippen molar-refractivity contribution in [1.29, 1.82) is 0 Å². The SMILES string of the molecule is CC(C)(C)C1CCCCC1OC(=O)Oc1ccccc1. The first-order valence-electron chi connectivity index (χ1n) is 7.40. The Bertz CT molecular complexity index is 433. The van der Waals surface area contributed by atoms with Gasteiger partial charge in [-0.3, -0.25) is 0 Å². The van der Waals surface area contributed by atoms with Crippen molar-refractivity contribution in [3.05, 3.63) is 30.3 Å². The van der Waals surface area contributed by atoms with E-state index in [1.54, 1.807) is 12.1 Å². The average Bonchev–Trinajstić information content (AvgIpc) is 2.39. The number of hydrogen-bond acceptors (Lipinski definition) is 3. The van der Waals surface area contributed by atoms with Crippen LogP contribution < -0.4 is 4.74 Å². The molecule has 1 aromatic carbocycles. The lowest BCUT2D eigenvalue weighted by Crippen LogP contribution is -2.38. The molecule has 1 aromatic rings. The van der Waals surface area contributed by atoms with Crippen molar-refractivity contribution in [3.8, 4) is 5.75 Å². The van der Waals surface area contributed by atoms with Crippen LogP contribution in [0.2, 0.25) is 0 Å². The highest BCUT2D eigenvalue weighted by Gasteiger charge is 2.36. The van der Waals surface area contributed by atoms with Crippen LogP contribution in [0.3, 0.4) is 0 Å². The Morgan fingerprint density at radius 2 is 1.75 bits per heavy atom. The maximum atomic E-state index is 11.9. The highest BCUT2D eigenvalue weighted by molar-refractivity contribution is 5.64. The van der Waals surface area contributed by atoms with Crippen LogP contribution in [-0.2, 0) is 4.74 Å². The van der Waals surface area contributed by atoms with Crippen molar-refractivity contribution in [2.24, 2.45) is 11.3 Å². The van der Waals surface area contributed by atoms with Gasteiger partial charge in [0.15, 0.2) is 0 Å². The molecule has 1 fully saturated rings. The Hall–Kier alpha value is -1.51. The lowest BCUT2D eigenvalue weighted by atomic mass is 9.71. The molecule has 110 valence electrons. The molecule has 0 aliphatic heterocycles. The standard InChI is InChI=1S/C17H24O3/c1-17(2,3)14-11-7-8-12-15(14)20-16(18)19-13-9-5-4-6-10-13/h4-6,9-10,14-15H,7-8,11-12H2,1-3H3. The lowest BCUT2D eigenvalue weighted by molar-refractivity contribution is -0.0232. The minimum atomic E-state index is -0.586. The predicted octanol–water partition coefficient (Wildman–Crippen LogP) is 4.81. The Kier molecular flexibility index (Phi) is 4.69. The van der Waals surface area contributed by atoms with Gasteiger partial charge >= 0.3 is 6.16 Å². The first-order chi connectivity index (χ1) is 9.47. The predicted molar refractivity (Wildman–Crippen MR) is 78.8 cm³/mol. The van der Waals surface area contributed by atoms with E-state index in [-0.39, 0.29) is 11.5 Å².